The average molecular weight is 371 g/mol. The molecule has 2 aromatic rings. The van der Waals surface area contributed by atoms with Crippen molar-refractivity contribution < 1.29 is 14.7 Å². The maximum absolute atomic E-state index is 12.7. The fourth-order valence-electron chi connectivity index (χ4n) is 3.31. The predicted molar refractivity (Wildman–Crippen MR) is 105 cm³/mol. The van der Waals surface area contributed by atoms with Gasteiger partial charge in [0.1, 0.15) is 0 Å². The number of hydrogen-bond acceptors (Lipinski definition) is 3. The van der Waals surface area contributed by atoms with Crippen LogP contribution in [0.3, 0.4) is 0 Å². The number of nitrogens with zero attached hydrogens (tertiary/aromatic N) is 2. The molecule has 0 saturated heterocycles. The molecule has 146 valence electrons. The summed E-state index contributed by atoms with van der Waals surface area (Å²) in [7, 11) is 0. The Balaban J connectivity index is 2.18. The van der Waals surface area contributed by atoms with E-state index in [-0.39, 0.29) is 18.7 Å². The van der Waals surface area contributed by atoms with Crippen molar-refractivity contribution in [1.82, 2.24) is 15.1 Å². The number of carbonyl (C=O) groups is 2. The van der Waals surface area contributed by atoms with Crippen LogP contribution in [-0.2, 0) is 22.6 Å². The average Bonchev–Trinajstić information content (AvgIpc) is 2.81. The van der Waals surface area contributed by atoms with Gasteiger partial charge in [0.2, 0.25) is 5.91 Å². The summed E-state index contributed by atoms with van der Waals surface area (Å²) >= 11 is 0. The lowest BCUT2D eigenvalue weighted by atomic mass is 9.98. The highest BCUT2D eigenvalue weighted by Crippen LogP contribution is 2.22. The first-order valence-electron chi connectivity index (χ1n) is 9.28. The molecule has 27 heavy (non-hydrogen) atoms. The highest BCUT2D eigenvalue weighted by molar-refractivity contribution is 5.80. The van der Waals surface area contributed by atoms with Crippen molar-refractivity contribution in [3.8, 4) is 0 Å². The van der Waals surface area contributed by atoms with Gasteiger partial charge in [0.05, 0.1) is 24.6 Å². The minimum absolute atomic E-state index is 0.152. The van der Waals surface area contributed by atoms with Crippen molar-refractivity contribution in [2.24, 2.45) is 5.92 Å². The number of aromatic nitrogens is 2. The lowest BCUT2D eigenvalue weighted by molar-refractivity contribution is -0.137. The molecule has 1 heterocycles. The van der Waals surface area contributed by atoms with Gasteiger partial charge in [-0.1, -0.05) is 38.1 Å². The summed E-state index contributed by atoms with van der Waals surface area (Å²) < 4.78 is 1.94. The van der Waals surface area contributed by atoms with Gasteiger partial charge in [0.15, 0.2) is 0 Å². The van der Waals surface area contributed by atoms with Crippen LogP contribution in [0.15, 0.2) is 24.3 Å². The van der Waals surface area contributed by atoms with E-state index in [1.807, 2.05) is 49.7 Å². The van der Waals surface area contributed by atoms with Crippen LogP contribution < -0.4 is 5.32 Å². The van der Waals surface area contributed by atoms with E-state index in [9.17, 15) is 14.7 Å². The summed E-state index contributed by atoms with van der Waals surface area (Å²) in [4.78, 5) is 24.0. The molecule has 1 atom stereocenters. The maximum atomic E-state index is 12.7. The van der Waals surface area contributed by atoms with Crippen molar-refractivity contribution >= 4 is 11.9 Å². The molecule has 1 aromatic carbocycles. The number of benzene rings is 1. The molecule has 6 heteroatoms. The fraction of sp³-hybridized carbons (Fsp3) is 0.476. The highest BCUT2D eigenvalue weighted by Gasteiger charge is 2.21. The van der Waals surface area contributed by atoms with Crippen LogP contribution in [0.25, 0.3) is 0 Å². The molecule has 2 N–H and O–H groups in total. The van der Waals surface area contributed by atoms with Gasteiger partial charge in [-0.2, -0.15) is 5.10 Å². The first-order chi connectivity index (χ1) is 12.7. The molecule has 1 aromatic heterocycles. The van der Waals surface area contributed by atoms with E-state index in [1.54, 1.807) is 0 Å². The number of carboxylic acid groups (broad SMARTS) is 1. The summed E-state index contributed by atoms with van der Waals surface area (Å²) in [6.45, 7) is 10.9. The SMILES string of the molecule is Cc1ccccc1C(CC(=O)O)NC(=O)Cc1c(C)nn(CC(C)C)c1C. The molecule has 0 aliphatic heterocycles. The molecule has 0 saturated carbocycles. The zero-order valence-corrected chi connectivity index (χ0v) is 16.7. The van der Waals surface area contributed by atoms with Crippen molar-refractivity contribution in [2.75, 3.05) is 0 Å². The van der Waals surface area contributed by atoms with E-state index in [2.05, 4.69) is 24.3 Å². The third-order valence-electron chi connectivity index (χ3n) is 4.68. The van der Waals surface area contributed by atoms with Gasteiger partial charge >= 0.3 is 5.97 Å². The summed E-state index contributed by atoms with van der Waals surface area (Å²) in [5.74, 6) is -0.675. The highest BCUT2D eigenvalue weighted by atomic mass is 16.4. The molecule has 0 radical (unpaired) electrons. The zero-order valence-electron chi connectivity index (χ0n) is 16.7. The summed E-state index contributed by atoms with van der Waals surface area (Å²) in [5, 5.41) is 16.7. The molecular weight excluding hydrogens is 342 g/mol. The van der Waals surface area contributed by atoms with E-state index in [0.29, 0.717) is 5.92 Å². The van der Waals surface area contributed by atoms with Crippen molar-refractivity contribution in [1.29, 1.82) is 0 Å². The molecule has 1 unspecified atom stereocenters. The molecule has 0 bridgehead atoms. The summed E-state index contributed by atoms with van der Waals surface area (Å²) in [5.41, 5.74) is 4.53. The molecule has 0 spiro atoms. The maximum Gasteiger partial charge on any atom is 0.305 e. The van der Waals surface area contributed by atoms with Crippen molar-refractivity contribution in [3.05, 3.63) is 52.3 Å². The Morgan fingerprint density at radius 3 is 2.44 bits per heavy atom. The number of rotatable bonds is 8. The van der Waals surface area contributed by atoms with E-state index < -0.39 is 12.0 Å². The Morgan fingerprint density at radius 2 is 1.85 bits per heavy atom. The van der Waals surface area contributed by atoms with Crippen LogP contribution in [0.1, 0.15) is 54.4 Å². The lowest BCUT2D eigenvalue weighted by Crippen LogP contribution is -2.32. The molecule has 0 aliphatic carbocycles. The van der Waals surface area contributed by atoms with Crippen LogP contribution in [0.4, 0.5) is 0 Å². The monoisotopic (exact) mass is 371 g/mol. The molecule has 0 aliphatic rings. The van der Waals surface area contributed by atoms with Crippen LogP contribution in [0, 0.1) is 26.7 Å². The second-order valence-electron chi connectivity index (χ2n) is 7.48. The molecule has 0 fully saturated rings. The third-order valence-corrected chi connectivity index (χ3v) is 4.68. The Labute approximate surface area is 160 Å². The standard InChI is InChI=1S/C21H29N3O3/c1-13(2)12-24-16(5)18(15(4)23-24)10-20(25)22-19(11-21(26)27)17-9-7-6-8-14(17)3/h6-9,13,19H,10-12H2,1-5H3,(H,22,25)(H,26,27). The molecule has 2 rings (SSSR count). The van der Waals surface area contributed by atoms with Crippen LogP contribution in [0.5, 0.6) is 0 Å². The normalized spacial score (nSPS) is 12.2. The number of carboxylic acids is 1. The van der Waals surface area contributed by atoms with Crippen LogP contribution in [-0.4, -0.2) is 26.8 Å². The predicted octanol–water partition coefficient (Wildman–Crippen LogP) is 3.34. The number of aryl methyl sites for hydroxylation is 2. The van der Waals surface area contributed by atoms with E-state index in [1.165, 1.54) is 0 Å². The first kappa shape index (κ1) is 20.7. The van der Waals surface area contributed by atoms with Gasteiger partial charge in [-0.15, -0.1) is 0 Å². The molecule has 1 amide bonds. The number of hydrogen-bond donors (Lipinski definition) is 2. The molecular formula is C21H29N3O3. The topological polar surface area (TPSA) is 84.2 Å². The second kappa shape index (κ2) is 8.84. The first-order valence-corrected chi connectivity index (χ1v) is 9.28. The van der Waals surface area contributed by atoms with E-state index in [4.69, 9.17) is 0 Å². The van der Waals surface area contributed by atoms with E-state index in [0.717, 1.165) is 34.6 Å². The van der Waals surface area contributed by atoms with Crippen LogP contribution in [0.2, 0.25) is 0 Å². The van der Waals surface area contributed by atoms with Gasteiger partial charge in [-0.05, 0) is 37.8 Å². The van der Waals surface area contributed by atoms with E-state index >= 15 is 0 Å². The van der Waals surface area contributed by atoms with Crippen molar-refractivity contribution in [2.45, 2.75) is 60.0 Å². The van der Waals surface area contributed by atoms with Gasteiger partial charge in [0, 0.05) is 17.8 Å². The smallest absolute Gasteiger partial charge is 0.305 e. The minimum atomic E-state index is -0.944. The fourth-order valence-corrected chi connectivity index (χ4v) is 3.31. The van der Waals surface area contributed by atoms with Crippen molar-refractivity contribution in [3.63, 3.8) is 0 Å². The Hall–Kier alpha value is -2.63. The summed E-state index contributed by atoms with van der Waals surface area (Å²) in [6, 6.07) is 6.98. The largest absolute Gasteiger partial charge is 0.481 e. The Kier molecular flexibility index (Phi) is 6.77. The minimum Gasteiger partial charge on any atom is -0.481 e. The number of amides is 1. The second-order valence-corrected chi connectivity index (χ2v) is 7.48. The quantitative estimate of drug-likeness (QED) is 0.745. The van der Waals surface area contributed by atoms with Gasteiger partial charge in [-0.25, -0.2) is 0 Å². The third kappa shape index (κ3) is 5.42. The van der Waals surface area contributed by atoms with Gasteiger partial charge < -0.3 is 10.4 Å². The summed E-state index contributed by atoms with van der Waals surface area (Å²) in [6.07, 6.45) is 0.0406. The Morgan fingerprint density at radius 1 is 1.19 bits per heavy atom. The van der Waals surface area contributed by atoms with Crippen LogP contribution >= 0.6 is 0 Å². The lowest BCUT2D eigenvalue weighted by Gasteiger charge is -2.19. The molecule has 6 nitrogen and oxygen atoms in total. The number of nitrogens with one attached hydrogen (secondary N) is 1. The number of carbonyl (C=O) groups excluding carboxylic acids is 1. The zero-order chi connectivity index (χ0) is 20.1. The number of aliphatic carboxylic acids is 1. The van der Waals surface area contributed by atoms with Gasteiger partial charge in [0.25, 0.3) is 0 Å². The van der Waals surface area contributed by atoms with Gasteiger partial charge in [-0.3, -0.25) is 14.3 Å². The Bertz CT molecular complexity index is 824.